The summed E-state index contributed by atoms with van der Waals surface area (Å²) in [6.45, 7) is 1.99. The fraction of sp³-hybridized carbons (Fsp3) is 0.188. The molecular formula is C16H17ClN2O3S. The number of para-hydroxylation sites is 1. The number of halogens is 1. The van der Waals surface area contributed by atoms with Crippen LogP contribution < -0.4 is 10.0 Å². The van der Waals surface area contributed by atoms with Crippen LogP contribution in [0.25, 0.3) is 0 Å². The number of carbonyl (C=O) groups is 1. The molecule has 0 fully saturated rings. The molecule has 0 heterocycles. The van der Waals surface area contributed by atoms with Crippen LogP contribution in [0.3, 0.4) is 0 Å². The van der Waals surface area contributed by atoms with Crippen molar-refractivity contribution in [2.45, 2.75) is 13.3 Å². The van der Waals surface area contributed by atoms with Gasteiger partial charge in [0.1, 0.15) is 0 Å². The van der Waals surface area contributed by atoms with Crippen molar-refractivity contribution >= 4 is 38.9 Å². The quantitative estimate of drug-likeness (QED) is 0.864. The van der Waals surface area contributed by atoms with E-state index in [1.807, 2.05) is 31.2 Å². The highest BCUT2D eigenvalue weighted by Gasteiger charge is 2.14. The maximum absolute atomic E-state index is 12.4. The number of aryl methyl sites for hydroxylation is 1. The Morgan fingerprint density at radius 1 is 1.17 bits per heavy atom. The van der Waals surface area contributed by atoms with Crippen LogP contribution in [-0.4, -0.2) is 20.6 Å². The zero-order chi connectivity index (χ0) is 17.0. The van der Waals surface area contributed by atoms with Crippen LogP contribution in [0.1, 0.15) is 22.8 Å². The van der Waals surface area contributed by atoms with Gasteiger partial charge in [0.25, 0.3) is 5.91 Å². The van der Waals surface area contributed by atoms with E-state index >= 15 is 0 Å². The summed E-state index contributed by atoms with van der Waals surface area (Å²) in [5.74, 6) is -0.395. The highest BCUT2D eigenvalue weighted by Crippen LogP contribution is 2.23. The first-order valence-electron chi connectivity index (χ1n) is 6.96. The minimum atomic E-state index is -3.43. The van der Waals surface area contributed by atoms with Gasteiger partial charge in [0.05, 0.1) is 16.8 Å². The first-order valence-corrected chi connectivity index (χ1v) is 9.23. The molecule has 0 aliphatic carbocycles. The summed E-state index contributed by atoms with van der Waals surface area (Å²) >= 11 is 6.06. The molecule has 0 unspecified atom stereocenters. The van der Waals surface area contributed by atoms with Crippen molar-refractivity contribution in [2.75, 3.05) is 16.3 Å². The van der Waals surface area contributed by atoms with Crippen molar-refractivity contribution in [1.29, 1.82) is 0 Å². The first-order chi connectivity index (χ1) is 10.8. The van der Waals surface area contributed by atoms with E-state index in [0.717, 1.165) is 18.2 Å². The number of nitrogens with one attached hydrogen (secondary N) is 2. The Hall–Kier alpha value is -2.05. The van der Waals surface area contributed by atoms with E-state index in [0.29, 0.717) is 5.69 Å². The van der Waals surface area contributed by atoms with Gasteiger partial charge in [-0.3, -0.25) is 9.52 Å². The Bertz CT molecular complexity index is 835. The van der Waals surface area contributed by atoms with E-state index < -0.39 is 15.9 Å². The highest BCUT2D eigenvalue weighted by atomic mass is 35.5. The third-order valence-electron chi connectivity index (χ3n) is 3.16. The lowest BCUT2D eigenvalue weighted by molar-refractivity contribution is 0.102. The predicted molar refractivity (Wildman–Crippen MR) is 93.7 cm³/mol. The van der Waals surface area contributed by atoms with E-state index in [1.165, 1.54) is 18.2 Å². The van der Waals surface area contributed by atoms with E-state index in [9.17, 15) is 13.2 Å². The molecule has 2 aromatic rings. The molecule has 0 radical (unpaired) electrons. The molecule has 7 heteroatoms. The lowest BCUT2D eigenvalue weighted by Gasteiger charge is -2.12. The number of hydrogen-bond acceptors (Lipinski definition) is 3. The third-order valence-corrected chi connectivity index (χ3v) is 4.10. The Kier molecular flexibility index (Phi) is 5.28. The average molecular weight is 353 g/mol. The van der Waals surface area contributed by atoms with Gasteiger partial charge in [-0.05, 0) is 36.2 Å². The van der Waals surface area contributed by atoms with Crippen molar-refractivity contribution in [2.24, 2.45) is 0 Å². The molecule has 0 aromatic heterocycles. The lowest BCUT2D eigenvalue weighted by Crippen LogP contribution is -2.15. The number of sulfonamides is 1. The maximum Gasteiger partial charge on any atom is 0.257 e. The van der Waals surface area contributed by atoms with Gasteiger partial charge >= 0.3 is 0 Å². The summed E-state index contributed by atoms with van der Waals surface area (Å²) in [6.07, 6.45) is 1.82. The normalized spacial score (nSPS) is 11.1. The zero-order valence-electron chi connectivity index (χ0n) is 12.8. The van der Waals surface area contributed by atoms with Gasteiger partial charge in [-0.25, -0.2) is 8.42 Å². The molecule has 23 heavy (non-hydrogen) atoms. The van der Waals surface area contributed by atoms with Crippen LogP contribution >= 0.6 is 11.6 Å². The third kappa shape index (κ3) is 4.71. The molecule has 0 atom stereocenters. The number of amides is 1. The SMILES string of the molecule is CCc1ccccc1NC(=O)c1cc(NS(C)(=O)=O)ccc1Cl. The second-order valence-corrected chi connectivity index (χ2v) is 7.19. The highest BCUT2D eigenvalue weighted by molar-refractivity contribution is 7.92. The van der Waals surface area contributed by atoms with Crippen LogP contribution in [-0.2, 0) is 16.4 Å². The van der Waals surface area contributed by atoms with Crippen molar-refractivity contribution < 1.29 is 13.2 Å². The first kappa shape index (κ1) is 17.3. The fourth-order valence-electron chi connectivity index (χ4n) is 2.12. The van der Waals surface area contributed by atoms with Gasteiger partial charge in [0.15, 0.2) is 0 Å². The number of hydrogen-bond donors (Lipinski definition) is 2. The molecule has 1 amide bonds. The largest absolute Gasteiger partial charge is 0.322 e. The predicted octanol–water partition coefficient (Wildman–Crippen LogP) is 3.53. The molecule has 0 saturated carbocycles. The molecule has 0 aliphatic rings. The minimum absolute atomic E-state index is 0.200. The zero-order valence-corrected chi connectivity index (χ0v) is 14.3. The minimum Gasteiger partial charge on any atom is -0.322 e. The molecular weight excluding hydrogens is 336 g/mol. The fourth-order valence-corrected chi connectivity index (χ4v) is 2.88. The topological polar surface area (TPSA) is 75.3 Å². The van der Waals surface area contributed by atoms with E-state index in [-0.39, 0.29) is 16.3 Å². The molecule has 0 spiro atoms. The lowest BCUT2D eigenvalue weighted by atomic mass is 10.1. The smallest absolute Gasteiger partial charge is 0.257 e. The summed E-state index contributed by atoms with van der Waals surface area (Å²) in [5, 5.41) is 3.05. The van der Waals surface area contributed by atoms with Crippen molar-refractivity contribution in [3.05, 3.63) is 58.6 Å². The Labute approximate surface area is 140 Å². The maximum atomic E-state index is 12.4. The van der Waals surface area contributed by atoms with Crippen molar-refractivity contribution in [1.82, 2.24) is 0 Å². The van der Waals surface area contributed by atoms with Gasteiger partial charge in [0.2, 0.25) is 10.0 Å². The summed E-state index contributed by atoms with van der Waals surface area (Å²) in [5.41, 5.74) is 2.19. The van der Waals surface area contributed by atoms with Crippen LogP contribution in [0.4, 0.5) is 11.4 Å². The van der Waals surface area contributed by atoms with Crippen LogP contribution in [0.15, 0.2) is 42.5 Å². The van der Waals surface area contributed by atoms with Crippen molar-refractivity contribution in [3.8, 4) is 0 Å². The molecule has 2 N–H and O–H groups in total. The standard InChI is InChI=1S/C16H17ClN2O3S/c1-3-11-6-4-5-7-15(11)18-16(20)13-10-12(8-9-14(13)17)19-23(2,21)22/h4-10,19H,3H2,1-2H3,(H,18,20). The van der Waals surface area contributed by atoms with Gasteiger partial charge in [-0.2, -0.15) is 0 Å². The second-order valence-electron chi connectivity index (χ2n) is 5.03. The van der Waals surface area contributed by atoms with E-state index in [2.05, 4.69) is 10.0 Å². The Morgan fingerprint density at radius 2 is 1.87 bits per heavy atom. The van der Waals surface area contributed by atoms with Gasteiger partial charge < -0.3 is 5.32 Å². The van der Waals surface area contributed by atoms with Crippen molar-refractivity contribution in [3.63, 3.8) is 0 Å². The molecule has 0 saturated heterocycles. The van der Waals surface area contributed by atoms with Gasteiger partial charge in [-0.1, -0.05) is 36.7 Å². The monoisotopic (exact) mass is 352 g/mol. The average Bonchev–Trinajstić information content (AvgIpc) is 2.48. The number of benzene rings is 2. The van der Waals surface area contributed by atoms with Crippen LogP contribution in [0.5, 0.6) is 0 Å². The molecule has 0 aliphatic heterocycles. The summed E-state index contributed by atoms with van der Waals surface area (Å²) < 4.78 is 24.9. The second kappa shape index (κ2) is 7.02. The molecule has 2 aromatic carbocycles. The number of carbonyl (C=O) groups excluding carboxylic acids is 1. The summed E-state index contributed by atoms with van der Waals surface area (Å²) in [6, 6.07) is 11.9. The Morgan fingerprint density at radius 3 is 2.52 bits per heavy atom. The van der Waals surface area contributed by atoms with Gasteiger partial charge in [-0.15, -0.1) is 0 Å². The van der Waals surface area contributed by atoms with Crippen LogP contribution in [0.2, 0.25) is 5.02 Å². The molecule has 2 rings (SSSR count). The van der Waals surface area contributed by atoms with Crippen LogP contribution in [0, 0.1) is 0 Å². The summed E-state index contributed by atoms with van der Waals surface area (Å²) in [4.78, 5) is 12.4. The number of rotatable bonds is 5. The van der Waals surface area contributed by atoms with E-state index in [1.54, 1.807) is 0 Å². The van der Waals surface area contributed by atoms with E-state index in [4.69, 9.17) is 11.6 Å². The molecule has 0 bridgehead atoms. The molecule has 5 nitrogen and oxygen atoms in total. The number of anilines is 2. The Balaban J connectivity index is 2.30. The van der Waals surface area contributed by atoms with Gasteiger partial charge in [0, 0.05) is 11.4 Å². The summed E-state index contributed by atoms with van der Waals surface area (Å²) in [7, 11) is -3.43. The molecule has 122 valence electrons.